The topological polar surface area (TPSA) is 82.1 Å². The monoisotopic (exact) mass is 578 g/mol. The maximum atomic E-state index is 13.2. The van der Waals surface area contributed by atoms with Crippen molar-refractivity contribution in [3.05, 3.63) is 48.2 Å². The van der Waals surface area contributed by atoms with Crippen LogP contribution in [0.25, 0.3) is 10.9 Å². The summed E-state index contributed by atoms with van der Waals surface area (Å²) in [4.78, 5) is 4.76. The smallest absolute Gasteiger partial charge is 0.243 e. The maximum absolute atomic E-state index is 13.2. The van der Waals surface area contributed by atoms with Gasteiger partial charge in [0.15, 0.2) is 0 Å². The Hall–Kier alpha value is -3.23. The number of rotatable bonds is 8. The Morgan fingerprint density at radius 3 is 2.39 bits per heavy atom. The van der Waals surface area contributed by atoms with Gasteiger partial charge in [0.2, 0.25) is 10.0 Å². The van der Waals surface area contributed by atoms with Crippen molar-refractivity contribution in [2.75, 3.05) is 77.7 Å². The van der Waals surface area contributed by atoms with E-state index < -0.39 is 10.0 Å². The van der Waals surface area contributed by atoms with Crippen LogP contribution in [-0.4, -0.2) is 100 Å². The van der Waals surface area contributed by atoms with Crippen molar-refractivity contribution >= 4 is 32.3 Å². The number of piperazine rings is 1. The number of piperidine rings is 1. The zero-order valence-electron chi connectivity index (χ0n) is 24.6. The standard InChI is InChI=1S/C31H42N6O3S/c1-5-37-25(22-27-28(9-6-10-30(27)37)33-24-13-16-34(2)17-14-24)8-7-15-32-29-12-11-26(23-31(29)40-4)41(38,39)36-20-18-35(3)19-21-36/h6,9-12,22-24,32-33H,5,13-21H2,1-4H3. The zero-order valence-corrected chi connectivity index (χ0v) is 25.4. The van der Waals surface area contributed by atoms with Gasteiger partial charge in [0.1, 0.15) is 5.75 Å². The molecule has 3 aromatic rings. The number of anilines is 2. The van der Waals surface area contributed by atoms with Crippen molar-refractivity contribution in [2.45, 2.75) is 37.2 Å². The fourth-order valence-electron chi connectivity index (χ4n) is 5.66. The van der Waals surface area contributed by atoms with Gasteiger partial charge in [-0.2, -0.15) is 4.31 Å². The fourth-order valence-corrected chi connectivity index (χ4v) is 7.10. The summed E-state index contributed by atoms with van der Waals surface area (Å²) in [5.74, 6) is 7.08. The Labute approximate surface area is 244 Å². The number of methoxy groups -OCH3 is 1. The lowest BCUT2D eigenvalue weighted by Gasteiger charge is -2.31. The van der Waals surface area contributed by atoms with Crippen molar-refractivity contribution in [1.82, 2.24) is 18.7 Å². The normalized spacial score (nSPS) is 17.8. The van der Waals surface area contributed by atoms with E-state index in [0.29, 0.717) is 37.1 Å². The Morgan fingerprint density at radius 2 is 1.68 bits per heavy atom. The number of likely N-dealkylation sites (tertiary alicyclic amines) is 1. The minimum absolute atomic E-state index is 0.243. The lowest BCUT2D eigenvalue weighted by Crippen LogP contribution is -2.47. The van der Waals surface area contributed by atoms with Crippen LogP contribution in [-0.2, 0) is 16.6 Å². The summed E-state index contributed by atoms with van der Waals surface area (Å²) in [5, 5.41) is 8.28. The fraction of sp³-hybridized carbons (Fsp3) is 0.484. The molecule has 2 saturated heterocycles. The van der Waals surface area contributed by atoms with Gasteiger partial charge in [-0.3, -0.25) is 0 Å². The highest BCUT2D eigenvalue weighted by molar-refractivity contribution is 7.89. The molecule has 2 fully saturated rings. The lowest BCUT2D eigenvalue weighted by molar-refractivity contribution is 0.222. The molecule has 0 bridgehead atoms. The molecule has 0 atom stereocenters. The number of likely N-dealkylation sites (N-methyl/N-ethyl adjacent to an activating group) is 1. The van der Waals surface area contributed by atoms with Gasteiger partial charge in [0.25, 0.3) is 0 Å². The van der Waals surface area contributed by atoms with Crippen LogP contribution < -0.4 is 15.4 Å². The Morgan fingerprint density at radius 1 is 0.951 bits per heavy atom. The number of nitrogens with zero attached hydrogens (tertiary/aromatic N) is 4. The molecule has 2 N–H and O–H groups in total. The molecule has 2 aliphatic rings. The third-order valence-electron chi connectivity index (χ3n) is 8.20. The lowest BCUT2D eigenvalue weighted by atomic mass is 10.0. The molecule has 0 saturated carbocycles. The number of aryl methyl sites for hydroxylation is 1. The molecule has 2 aromatic carbocycles. The van der Waals surface area contributed by atoms with E-state index in [1.807, 2.05) is 7.05 Å². The van der Waals surface area contributed by atoms with Gasteiger partial charge in [-0.1, -0.05) is 12.0 Å². The molecule has 3 heterocycles. The van der Waals surface area contributed by atoms with E-state index in [1.165, 1.54) is 16.6 Å². The molecular formula is C31H42N6O3S. The van der Waals surface area contributed by atoms with Gasteiger partial charge in [-0.15, -0.1) is 0 Å². The van der Waals surface area contributed by atoms with E-state index in [1.54, 1.807) is 29.6 Å². The maximum Gasteiger partial charge on any atom is 0.243 e. The van der Waals surface area contributed by atoms with Crippen molar-refractivity contribution in [2.24, 2.45) is 0 Å². The number of ether oxygens (including phenoxy) is 1. The van der Waals surface area contributed by atoms with E-state index in [9.17, 15) is 8.42 Å². The summed E-state index contributed by atoms with van der Waals surface area (Å²) in [6, 6.07) is 14.1. The highest BCUT2D eigenvalue weighted by Crippen LogP contribution is 2.30. The Balaban J connectivity index is 1.29. The second kappa shape index (κ2) is 12.7. The number of hydrogen-bond acceptors (Lipinski definition) is 7. The van der Waals surface area contributed by atoms with E-state index in [-0.39, 0.29) is 4.90 Å². The molecule has 0 unspecified atom stereocenters. The van der Waals surface area contributed by atoms with Crippen LogP contribution >= 0.6 is 0 Å². The molecule has 1 aromatic heterocycles. The molecule has 9 nitrogen and oxygen atoms in total. The number of aromatic nitrogens is 1. The second-order valence-electron chi connectivity index (χ2n) is 11.0. The van der Waals surface area contributed by atoms with Crippen LogP contribution in [0.15, 0.2) is 47.4 Å². The number of fused-ring (bicyclic) bond motifs is 1. The van der Waals surface area contributed by atoms with E-state index in [0.717, 1.165) is 51.3 Å². The molecule has 0 amide bonds. The first-order valence-electron chi connectivity index (χ1n) is 14.5. The largest absolute Gasteiger partial charge is 0.495 e. The first-order valence-corrected chi connectivity index (χ1v) is 15.9. The average Bonchev–Trinajstić information content (AvgIpc) is 3.35. The quantitative estimate of drug-likeness (QED) is 0.396. The molecule has 220 valence electrons. The molecule has 41 heavy (non-hydrogen) atoms. The minimum Gasteiger partial charge on any atom is -0.495 e. The van der Waals surface area contributed by atoms with E-state index >= 15 is 0 Å². The minimum atomic E-state index is -3.57. The van der Waals surface area contributed by atoms with Crippen molar-refractivity contribution in [3.8, 4) is 17.6 Å². The van der Waals surface area contributed by atoms with E-state index in [4.69, 9.17) is 4.74 Å². The molecule has 0 spiro atoms. The number of sulfonamides is 1. The molecular weight excluding hydrogens is 536 g/mol. The highest BCUT2D eigenvalue weighted by Gasteiger charge is 2.28. The van der Waals surface area contributed by atoms with Gasteiger partial charge < -0.3 is 29.7 Å². The average molecular weight is 579 g/mol. The van der Waals surface area contributed by atoms with Crippen LogP contribution in [0.2, 0.25) is 0 Å². The summed E-state index contributed by atoms with van der Waals surface area (Å²) < 4.78 is 35.7. The number of hydrogen-bond donors (Lipinski definition) is 2. The first-order chi connectivity index (χ1) is 19.8. The Bertz CT molecular complexity index is 1520. The summed E-state index contributed by atoms with van der Waals surface area (Å²) in [6.45, 7) is 8.02. The molecule has 2 aliphatic heterocycles. The van der Waals surface area contributed by atoms with Crippen LogP contribution in [0, 0.1) is 11.8 Å². The van der Waals surface area contributed by atoms with Crippen molar-refractivity contribution < 1.29 is 13.2 Å². The van der Waals surface area contributed by atoms with Crippen molar-refractivity contribution in [3.63, 3.8) is 0 Å². The summed E-state index contributed by atoms with van der Waals surface area (Å²) in [7, 11) is 2.17. The van der Waals surface area contributed by atoms with Crippen LogP contribution in [0.5, 0.6) is 5.75 Å². The Kier molecular flexibility index (Phi) is 9.09. The van der Waals surface area contributed by atoms with Gasteiger partial charge in [0, 0.05) is 55.9 Å². The third kappa shape index (κ3) is 6.49. The number of benzene rings is 2. The van der Waals surface area contributed by atoms with Crippen molar-refractivity contribution in [1.29, 1.82) is 0 Å². The molecule has 10 heteroatoms. The van der Waals surface area contributed by atoms with Crippen LogP contribution in [0.4, 0.5) is 11.4 Å². The molecule has 5 rings (SSSR count). The van der Waals surface area contributed by atoms with Gasteiger partial charge in [-0.05, 0) is 83.2 Å². The highest BCUT2D eigenvalue weighted by atomic mass is 32.2. The predicted octanol–water partition coefficient (Wildman–Crippen LogP) is 3.58. The molecule has 0 radical (unpaired) electrons. The first kappa shape index (κ1) is 29.3. The van der Waals surface area contributed by atoms with Gasteiger partial charge >= 0.3 is 0 Å². The SMILES string of the molecule is CCn1c(C#CCNc2ccc(S(=O)(=O)N3CCN(C)CC3)cc2OC)cc2c(NC3CCN(C)CC3)cccc21. The van der Waals surface area contributed by atoms with Crippen LogP contribution in [0.1, 0.15) is 25.5 Å². The van der Waals surface area contributed by atoms with Crippen LogP contribution in [0.3, 0.4) is 0 Å². The second-order valence-corrected chi connectivity index (χ2v) is 12.9. The van der Waals surface area contributed by atoms with Gasteiger partial charge in [0.05, 0.1) is 35.4 Å². The number of nitrogens with one attached hydrogen (secondary N) is 2. The summed E-state index contributed by atoms with van der Waals surface area (Å²) in [5.41, 5.74) is 4.03. The zero-order chi connectivity index (χ0) is 29.0. The van der Waals surface area contributed by atoms with E-state index in [2.05, 4.69) is 75.1 Å². The third-order valence-corrected chi connectivity index (χ3v) is 10.1. The summed E-state index contributed by atoms with van der Waals surface area (Å²) >= 11 is 0. The predicted molar refractivity (Wildman–Crippen MR) is 166 cm³/mol. The summed E-state index contributed by atoms with van der Waals surface area (Å²) in [6.07, 6.45) is 2.29. The van der Waals surface area contributed by atoms with Gasteiger partial charge in [-0.25, -0.2) is 8.42 Å². The molecule has 0 aliphatic carbocycles.